The van der Waals surface area contributed by atoms with Crippen LogP contribution in [0.25, 0.3) is 16.9 Å². The van der Waals surface area contributed by atoms with Gasteiger partial charge in [-0.15, -0.1) is 0 Å². The molecule has 206 valence electrons. The van der Waals surface area contributed by atoms with Gasteiger partial charge in [0.05, 0.1) is 24.6 Å². The fourth-order valence-corrected chi connectivity index (χ4v) is 4.38. The number of amides is 1. The lowest BCUT2D eigenvalue weighted by atomic mass is 10.0. The summed E-state index contributed by atoms with van der Waals surface area (Å²) in [5.41, 5.74) is 1.92. The van der Waals surface area contributed by atoms with Gasteiger partial charge >= 0.3 is 11.9 Å². The molecule has 1 unspecified atom stereocenters. The number of nitrogens with zero attached hydrogens (tertiary/aromatic N) is 2. The zero-order chi connectivity index (χ0) is 28.2. The molecule has 0 saturated carbocycles. The van der Waals surface area contributed by atoms with Crippen molar-refractivity contribution in [2.75, 3.05) is 25.3 Å². The Balaban J connectivity index is 1.54. The fraction of sp³-hybridized carbons (Fsp3) is 0.214. The summed E-state index contributed by atoms with van der Waals surface area (Å²) in [5.74, 6) is -1.13. The maximum absolute atomic E-state index is 13.5. The van der Waals surface area contributed by atoms with Crippen LogP contribution in [0.3, 0.4) is 0 Å². The molecule has 0 aliphatic carbocycles. The molecule has 2 aromatic carbocycles. The van der Waals surface area contributed by atoms with Crippen LogP contribution in [-0.2, 0) is 14.3 Å². The molecule has 1 aliphatic heterocycles. The number of hydrogen-bond donors (Lipinski definition) is 3. The third kappa shape index (κ3) is 5.51. The van der Waals surface area contributed by atoms with Gasteiger partial charge in [0.15, 0.2) is 17.1 Å². The molecule has 0 spiro atoms. The van der Waals surface area contributed by atoms with Crippen LogP contribution in [0.1, 0.15) is 35.3 Å². The number of halogens is 1. The van der Waals surface area contributed by atoms with E-state index in [4.69, 9.17) is 19.2 Å². The first-order valence-corrected chi connectivity index (χ1v) is 12.4. The Morgan fingerprint density at radius 1 is 1.12 bits per heavy atom. The molecule has 11 nitrogen and oxygen atoms in total. The summed E-state index contributed by atoms with van der Waals surface area (Å²) in [7, 11) is 0. The highest BCUT2D eigenvalue weighted by molar-refractivity contribution is 6.01. The quantitative estimate of drug-likeness (QED) is 0.253. The van der Waals surface area contributed by atoms with Gasteiger partial charge in [-0.2, -0.15) is 0 Å². The predicted molar refractivity (Wildman–Crippen MR) is 141 cm³/mol. The molecular formula is C28H25FN4O7. The van der Waals surface area contributed by atoms with Gasteiger partial charge < -0.3 is 30.0 Å². The number of carbonyl (C=O) groups is 3. The third-order valence-electron chi connectivity index (χ3n) is 6.20. The highest BCUT2D eigenvalue weighted by Gasteiger charge is 2.25. The van der Waals surface area contributed by atoms with E-state index in [-0.39, 0.29) is 31.2 Å². The molecule has 0 fully saturated rings. The van der Waals surface area contributed by atoms with Crippen molar-refractivity contribution in [2.24, 2.45) is 0 Å². The van der Waals surface area contributed by atoms with Gasteiger partial charge in [-0.1, -0.05) is 12.1 Å². The Morgan fingerprint density at radius 3 is 2.65 bits per heavy atom. The Labute approximate surface area is 227 Å². The summed E-state index contributed by atoms with van der Waals surface area (Å²) in [4.78, 5) is 41.9. The Morgan fingerprint density at radius 2 is 1.90 bits per heavy atom. The molecule has 1 amide bonds. The number of hydrogen-bond acceptors (Lipinski definition) is 8. The van der Waals surface area contributed by atoms with Crippen LogP contribution in [0, 0.1) is 5.82 Å². The van der Waals surface area contributed by atoms with Crippen LogP contribution in [-0.4, -0.2) is 52.3 Å². The molecule has 2 aromatic heterocycles. The molecule has 0 saturated heterocycles. The fourth-order valence-electron chi connectivity index (χ4n) is 4.38. The smallest absolute Gasteiger partial charge is 0.325 e. The minimum atomic E-state index is -1.14. The summed E-state index contributed by atoms with van der Waals surface area (Å²) in [6.45, 7) is 1.87. The number of aliphatic carboxylic acids is 1. The van der Waals surface area contributed by atoms with Crippen LogP contribution in [0.15, 0.2) is 60.8 Å². The van der Waals surface area contributed by atoms with Gasteiger partial charge in [0.1, 0.15) is 23.9 Å². The van der Waals surface area contributed by atoms with E-state index in [1.54, 1.807) is 47.9 Å². The number of fused-ring (bicyclic) bond motifs is 2. The van der Waals surface area contributed by atoms with E-state index in [2.05, 4.69) is 10.6 Å². The summed E-state index contributed by atoms with van der Waals surface area (Å²) >= 11 is 0. The molecular weight excluding hydrogens is 523 g/mol. The molecule has 5 rings (SSSR count). The van der Waals surface area contributed by atoms with Crippen molar-refractivity contribution in [1.29, 1.82) is 0 Å². The molecule has 0 radical (unpaired) electrons. The average molecular weight is 549 g/mol. The van der Waals surface area contributed by atoms with E-state index in [0.29, 0.717) is 34.1 Å². The summed E-state index contributed by atoms with van der Waals surface area (Å²) in [6, 6.07) is 12.8. The number of benzene rings is 2. The van der Waals surface area contributed by atoms with E-state index in [9.17, 15) is 23.9 Å². The third-order valence-corrected chi connectivity index (χ3v) is 6.20. The first-order chi connectivity index (χ1) is 19.3. The molecule has 1 atom stereocenters. The predicted octanol–water partition coefficient (Wildman–Crippen LogP) is 3.79. The molecule has 3 N–H and O–H groups in total. The topological polar surface area (TPSA) is 140 Å². The van der Waals surface area contributed by atoms with Gasteiger partial charge in [0, 0.05) is 11.8 Å². The summed E-state index contributed by atoms with van der Waals surface area (Å²) in [5, 5.41) is 15.2. The number of carboxylic acid groups (broad SMARTS) is 1. The number of imidazole rings is 1. The van der Waals surface area contributed by atoms with Gasteiger partial charge in [-0.3, -0.25) is 18.8 Å². The largest absolute Gasteiger partial charge is 0.481 e. The van der Waals surface area contributed by atoms with Crippen molar-refractivity contribution in [1.82, 2.24) is 14.7 Å². The molecule has 3 heterocycles. The van der Waals surface area contributed by atoms with Gasteiger partial charge in [0.25, 0.3) is 5.91 Å². The molecule has 12 heteroatoms. The second-order valence-corrected chi connectivity index (χ2v) is 8.83. The van der Waals surface area contributed by atoms with Crippen LogP contribution in [0.4, 0.5) is 10.2 Å². The Kier molecular flexibility index (Phi) is 7.49. The molecule has 0 bridgehead atoms. The van der Waals surface area contributed by atoms with Crippen LogP contribution < -0.4 is 20.1 Å². The van der Waals surface area contributed by atoms with Gasteiger partial charge in [-0.05, 0) is 55.0 Å². The summed E-state index contributed by atoms with van der Waals surface area (Å²) < 4.78 is 31.0. The number of carbonyl (C=O) groups excluding carboxylic acids is 2. The number of anilines is 1. The average Bonchev–Trinajstić information content (AvgIpc) is 3.56. The minimum absolute atomic E-state index is 0.0911. The molecule has 4 aromatic rings. The zero-order valence-electron chi connectivity index (χ0n) is 21.3. The van der Waals surface area contributed by atoms with Crippen molar-refractivity contribution in [3.8, 4) is 22.8 Å². The van der Waals surface area contributed by atoms with Crippen molar-refractivity contribution in [3.63, 3.8) is 0 Å². The van der Waals surface area contributed by atoms with E-state index in [1.807, 2.05) is 0 Å². The number of rotatable bonds is 10. The van der Waals surface area contributed by atoms with Crippen molar-refractivity contribution in [3.05, 3.63) is 77.7 Å². The van der Waals surface area contributed by atoms with E-state index in [0.717, 1.165) is 0 Å². The maximum Gasteiger partial charge on any atom is 0.325 e. The van der Waals surface area contributed by atoms with Crippen LogP contribution in [0.2, 0.25) is 0 Å². The lowest BCUT2D eigenvalue weighted by Gasteiger charge is -2.18. The van der Waals surface area contributed by atoms with Crippen LogP contribution in [0.5, 0.6) is 11.5 Å². The van der Waals surface area contributed by atoms with Crippen molar-refractivity contribution in [2.45, 2.75) is 19.4 Å². The summed E-state index contributed by atoms with van der Waals surface area (Å²) in [6.07, 6.45) is 1.27. The van der Waals surface area contributed by atoms with Crippen molar-refractivity contribution >= 4 is 29.3 Å². The standard InChI is InChI=1S/C28H25FN4O7/c1-2-38-24(36)14-30-27-25(17-7-10-21-22(12-17)40-15-39-21)32-26-19(4-3-11-33(26)27)28(37)31-20(13-23(34)35)16-5-8-18(29)9-6-16/h3-12,20,30H,2,13-15H2,1H3,(H,31,37)(H,34,35). The van der Waals surface area contributed by atoms with Crippen molar-refractivity contribution < 1.29 is 38.1 Å². The van der Waals surface area contributed by atoms with Gasteiger partial charge in [0.2, 0.25) is 6.79 Å². The number of ether oxygens (including phenoxy) is 3. The molecule has 40 heavy (non-hydrogen) atoms. The number of esters is 1. The highest BCUT2D eigenvalue weighted by Crippen LogP contribution is 2.38. The minimum Gasteiger partial charge on any atom is -0.481 e. The number of carboxylic acids is 1. The first kappa shape index (κ1) is 26.5. The lowest BCUT2D eigenvalue weighted by molar-refractivity contribution is -0.141. The van der Waals surface area contributed by atoms with E-state index in [1.165, 1.54) is 24.3 Å². The monoisotopic (exact) mass is 548 g/mol. The first-order valence-electron chi connectivity index (χ1n) is 12.4. The number of pyridine rings is 1. The molecule has 1 aliphatic rings. The highest BCUT2D eigenvalue weighted by atomic mass is 19.1. The van der Waals surface area contributed by atoms with E-state index < -0.39 is 36.1 Å². The second-order valence-electron chi connectivity index (χ2n) is 8.83. The SMILES string of the molecule is CCOC(=O)CNc1c(-c2ccc3c(c2)OCO3)nc2c(C(=O)NC(CC(=O)O)c3ccc(F)cc3)cccn12. The zero-order valence-corrected chi connectivity index (χ0v) is 21.3. The van der Waals surface area contributed by atoms with E-state index >= 15 is 0 Å². The van der Waals surface area contributed by atoms with Crippen LogP contribution >= 0.6 is 0 Å². The van der Waals surface area contributed by atoms with Gasteiger partial charge in [-0.25, -0.2) is 9.37 Å². The maximum atomic E-state index is 13.5. The number of aromatic nitrogens is 2. The number of nitrogens with one attached hydrogen (secondary N) is 2. The normalized spacial score (nSPS) is 12.7. The lowest BCUT2D eigenvalue weighted by Crippen LogP contribution is -2.30. The Bertz CT molecular complexity index is 1590. The second kappa shape index (κ2) is 11.3. The Hall–Kier alpha value is -5.13.